The Bertz CT molecular complexity index is 1030. The number of benzene rings is 2. The van der Waals surface area contributed by atoms with E-state index in [2.05, 4.69) is 26.1 Å². The van der Waals surface area contributed by atoms with Crippen molar-refractivity contribution < 1.29 is 4.79 Å². The van der Waals surface area contributed by atoms with Gasteiger partial charge in [0, 0.05) is 29.4 Å². The molecule has 0 saturated carbocycles. The molecule has 3 aromatic rings. The number of amides is 1. The maximum Gasteiger partial charge on any atom is 0.251 e. The molecule has 0 aliphatic carbocycles. The average Bonchev–Trinajstić information content (AvgIpc) is 3.32. The Morgan fingerprint density at radius 1 is 1.23 bits per heavy atom. The van der Waals surface area contributed by atoms with Crippen molar-refractivity contribution in [3.63, 3.8) is 0 Å². The second-order valence-electron chi connectivity index (χ2n) is 6.90. The SMILES string of the molecule is CC.CC(C)(C#N)c1ccc(CNC(=O)c2ccc(SNc3ncc[nH]3)c(Cl)c2)cc1. The second-order valence-corrected chi connectivity index (χ2v) is 8.16. The van der Waals surface area contributed by atoms with Gasteiger partial charge in [0.15, 0.2) is 0 Å². The van der Waals surface area contributed by atoms with E-state index in [4.69, 9.17) is 11.6 Å². The van der Waals surface area contributed by atoms with E-state index < -0.39 is 5.41 Å². The Hall–Kier alpha value is -2.95. The van der Waals surface area contributed by atoms with Gasteiger partial charge in [-0.25, -0.2) is 4.98 Å². The molecule has 0 atom stereocenters. The van der Waals surface area contributed by atoms with Gasteiger partial charge in [-0.05, 0) is 55.1 Å². The minimum atomic E-state index is -0.538. The molecular formula is C23H26ClN5OS. The molecule has 0 aliphatic rings. The van der Waals surface area contributed by atoms with Crippen molar-refractivity contribution in [3.05, 3.63) is 76.6 Å². The number of nitrogens with zero attached hydrogens (tertiary/aromatic N) is 2. The Kier molecular flexibility index (Phi) is 8.98. The molecule has 162 valence electrons. The minimum absolute atomic E-state index is 0.205. The zero-order chi connectivity index (χ0) is 22.9. The highest BCUT2D eigenvalue weighted by Gasteiger charge is 2.19. The van der Waals surface area contributed by atoms with Crippen molar-refractivity contribution >= 4 is 35.4 Å². The molecule has 1 heterocycles. The Labute approximate surface area is 192 Å². The summed E-state index contributed by atoms with van der Waals surface area (Å²) in [7, 11) is 0. The van der Waals surface area contributed by atoms with Crippen molar-refractivity contribution in [2.75, 3.05) is 4.72 Å². The number of carbonyl (C=O) groups excluding carboxylic acids is 1. The van der Waals surface area contributed by atoms with E-state index in [0.29, 0.717) is 23.1 Å². The third-order valence-electron chi connectivity index (χ3n) is 4.36. The lowest BCUT2D eigenvalue weighted by molar-refractivity contribution is 0.0951. The summed E-state index contributed by atoms with van der Waals surface area (Å²) in [6.07, 6.45) is 3.37. The van der Waals surface area contributed by atoms with Crippen LogP contribution in [-0.4, -0.2) is 15.9 Å². The van der Waals surface area contributed by atoms with Crippen LogP contribution < -0.4 is 10.0 Å². The molecule has 0 aliphatic heterocycles. The Morgan fingerprint density at radius 2 is 1.94 bits per heavy atom. The molecular weight excluding hydrogens is 430 g/mol. The summed E-state index contributed by atoms with van der Waals surface area (Å²) in [5.74, 6) is 0.418. The molecule has 0 fully saturated rings. The van der Waals surface area contributed by atoms with Crippen molar-refractivity contribution in [2.45, 2.75) is 44.6 Å². The lowest BCUT2D eigenvalue weighted by Gasteiger charge is -2.16. The summed E-state index contributed by atoms with van der Waals surface area (Å²) in [4.78, 5) is 20.2. The molecule has 31 heavy (non-hydrogen) atoms. The molecule has 1 amide bonds. The van der Waals surface area contributed by atoms with Crippen molar-refractivity contribution in [2.24, 2.45) is 0 Å². The quantitative estimate of drug-likeness (QED) is 0.383. The number of nitrogens with one attached hydrogen (secondary N) is 3. The van der Waals surface area contributed by atoms with Crippen LogP contribution in [0.25, 0.3) is 0 Å². The van der Waals surface area contributed by atoms with Gasteiger partial charge in [0.05, 0.1) is 16.5 Å². The van der Waals surface area contributed by atoms with Crippen LogP contribution in [0.4, 0.5) is 5.95 Å². The first-order valence-corrected chi connectivity index (χ1v) is 11.1. The highest BCUT2D eigenvalue weighted by molar-refractivity contribution is 8.00. The number of rotatable bonds is 7. The number of hydrogen-bond acceptors (Lipinski definition) is 5. The highest BCUT2D eigenvalue weighted by atomic mass is 35.5. The predicted molar refractivity (Wildman–Crippen MR) is 127 cm³/mol. The van der Waals surface area contributed by atoms with Gasteiger partial charge in [-0.15, -0.1) is 0 Å². The topological polar surface area (TPSA) is 93.6 Å². The predicted octanol–water partition coefficient (Wildman–Crippen LogP) is 5.94. The normalized spacial score (nSPS) is 10.5. The zero-order valence-electron chi connectivity index (χ0n) is 18.0. The van der Waals surface area contributed by atoms with Gasteiger partial charge < -0.3 is 10.3 Å². The van der Waals surface area contributed by atoms with Crippen molar-refractivity contribution in [1.29, 1.82) is 5.26 Å². The van der Waals surface area contributed by atoms with Crippen molar-refractivity contribution in [3.8, 4) is 6.07 Å². The van der Waals surface area contributed by atoms with Crippen LogP contribution in [-0.2, 0) is 12.0 Å². The fourth-order valence-electron chi connectivity index (χ4n) is 2.54. The smallest absolute Gasteiger partial charge is 0.251 e. The van der Waals surface area contributed by atoms with Crippen molar-refractivity contribution in [1.82, 2.24) is 15.3 Å². The maximum atomic E-state index is 12.4. The van der Waals surface area contributed by atoms with Crippen LogP contribution in [0.2, 0.25) is 5.02 Å². The van der Waals surface area contributed by atoms with Gasteiger partial charge in [0.2, 0.25) is 5.95 Å². The number of imidazole rings is 1. The zero-order valence-corrected chi connectivity index (χ0v) is 19.6. The minimum Gasteiger partial charge on any atom is -0.348 e. The van der Waals surface area contributed by atoms with Gasteiger partial charge in [-0.2, -0.15) is 5.26 Å². The molecule has 0 spiro atoms. The fourth-order valence-corrected chi connectivity index (χ4v) is 3.44. The van der Waals surface area contributed by atoms with Crippen LogP contribution in [0.15, 0.2) is 59.8 Å². The fraction of sp³-hybridized carbons (Fsp3) is 0.261. The third kappa shape index (κ3) is 6.78. The largest absolute Gasteiger partial charge is 0.348 e. The first-order valence-electron chi connectivity index (χ1n) is 9.90. The second kappa shape index (κ2) is 11.4. The van der Waals surface area contributed by atoms with E-state index in [9.17, 15) is 10.1 Å². The van der Waals surface area contributed by atoms with Gasteiger partial charge in [0.1, 0.15) is 0 Å². The Balaban J connectivity index is 0.00000166. The number of anilines is 1. The summed E-state index contributed by atoms with van der Waals surface area (Å²) in [6, 6.07) is 15.1. The van der Waals surface area contributed by atoms with E-state index in [0.717, 1.165) is 16.0 Å². The molecule has 2 aromatic carbocycles. The van der Waals surface area contributed by atoms with E-state index >= 15 is 0 Å². The molecule has 3 rings (SSSR count). The van der Waals surface area contributed by atoms with Gasteiger partial charge >= 0.3 is 0 Å². The van der Waals surface area contributed by atoms with Crippen LogP contribution >= 0.6 is 23.5 Å². The number of aromatic amines is 1. The molecule has 1 aromatic heterocycles. The summed E-state index contributed by atoms with van der Waals surface area (Å²) in [6.45, 7) is 8.14. The van der Waals surface area contributed by atoms with Crippen LogP contribution in [0.3, 0.4) is 0 Å². The molecule has 0 saturated heterocycles. The number of halogens is 1. The lowest BCUT2D eigenvalue weighted by atomic mass is 9.86. The number of hydrogen-bond donors (Lipinski definition) is 3. The molecule has 3 N–H and O–H groups in total. The van der Waals surface area contributed by atoms with E-state index in [1.165, 1.54) is 11.9 Å². The molecule has 0 unspecified atom stereocenters. The first kappa shape index (κ1) is 24.3. The monoisotopic (exact) mass is 455 g/mol. The van der Waals surface area contributed by atoms with Crippen LogP contribution in [0, 0.1) is 11.3 Å². The average molecular weight is 456 g/mol. The van der Waals surface area contributed by atoms with Gasteiger partial charge in [-0.3, -0.25) is 9.52 Å². The van der Waals surface area contributed by atoms with Gasteiger partial charge in [-0.1, -0.05) is 49.7 Å². The number of H-pyrrole nitrogens is 1. The molecule has 6 nitrogen and oxygen atoms in total. The van der Waals surface area contributed by atoms with Crippen LogP contribution in [0.1, 0.15) is 49.2 Å². The standard InChI is InChI=1S/C21H20ClN5OS.C2H6/c1-21(2,13-23)16-6-3-14(4-7-16)12-26-19(28)15-5-8-18(17(22)11-15)29-27-20-24-9-10-25-20;1-2/h3-11H,12H2,1-2H3,(H,26,28)(H2,24,25,27);1-2H3. The molecule has 0 radical (unpaired) electrons. The molecule has 0 bridgehead atoms. The highest BCUT2D eigenvalue weighted by Crippen LogP contribution is 2.28. The van der Waals surface area contributed by atoms with E-state index in [-0.39, 0.29) is 5.91 Å². The van der Waals surface area contributed by atoms with Gasteiger partial charge in [0.25, 0.3) is 5.91 Å². The van der Waals surface area contributed by atoms with E-state index in [1.807, 2.05) is 52.0 Å². The summed E-state index contributed by atoms with van der Waals surface area (Å²) >= 11 is 7.62. The molecule has 8 heteroatoms. The van der Waals surface area contributed by atoms with E-state index in [1.54, 1.807) is 30.6 Å². The number of nitriles is 1. The summed E-state index contributed by atoms with van der Waals surface area (Å²) < 4.78 is 3.04. The summed E-state index contributed by atoms with van der Waals surface area (Å²) in [5.41, 5.74) is 1.85. The maximum absolute atomic E-state index is 12.4. The third-order valence-corrected chi connectivity index (χ3v) is 5.65. The lowest BCUT2D eigenvalue weighted by Crippen LogP contribution is -2.23. The number of aromatic nitrogens is 2. The first-order chi connectivity index (χ1) is 14.9. The number of carbonyl (C=O) groups is 1. The van der Waals surface area contributed by atoms with Crippen LogP contribution in [0.5, 0.6) is 0 Å². The Morgan fingerprint density at radius 3 is 2.52 bits per heavy atom. The summed E-state index contributed by atoms with van der Waals surface area (Å²) in [5, 5.41) is 12.6.